The Morgan fingerprint density at radius 1 is 0.938 bits per heavy atom. The molecule has 2 nitrogen and oxygen atoms in total. The van der Waals surface area contributed by atoms with Gasteiger partial charge in [0.15, 0.2) is 0 Å². The van der Waals surface area contributed by atoms with E-state index in [1.165, 1.54) is 0 Å². The van der Waals surface area contributed by atoms with Crippen molar-refractivity contribution in [1.29, 1.82) is 0 Å². The molecule has 0 atom stereocenters. The van der Waals surface area contributed by atoms with Crippen molar-refractivity contribution in [2.45, 2.75) is 13.3 Å². The van der Waals surface area contributed by atoms with E-state index in [0.29, 0.717) is 17.9 Å². The predicted octanol–water partition coefficient (Wildman–Crippen LogP) is 3.00. The molecule has 0 unspecified atom stereocenters. The second-order valence-corrected chi connectivity index (χ2v) is 3.93. The molecule has 0 aliphatic heterocycles. The standard InChI is InChI=1S/C14H14O2/c1-10-8-11(6-7-13(10)15)9-12-4-2-3-5-14(12)16/h2-8,15-16H,9H2,1H3. The second-order valence-electron chi connectivity index (χ2n) is 3.93. The summed E-state index contributed by atoms with van der Waals surface area (Å²) in [5.41, 5.74) is 2.83. The summed E-state index contributed by atoms with van der Waals surface area (Å²) in [6.45, 7) is 1.86. The van der Waals surface area contributed by atoms with Gasteiger partial charge in [0.1, 0.15) is 11.5 Å². The Labute approximate surface area is 94.8 Å². The van der Waals surface area contributed by atoms with E-state index in [1.54, 1.807) is 18.2 Å². The highest BCUT2D eigenvalue weighted by Crippen LogP contribution is 2.22. The van der Waals surface area contributed by atoms with E-state index in [4.69, 9.17) is 0 Å². The zero-order chi connectivity index (χ0) is 11.5. The van der Waals surface area contributed by atoms with Crippen molar-refractivity contribution >= 4 is 0 Å². The first-order valence-corrected chi connectivity index (χ1v) is 5.22. The Hall–Kier alpha value is -1.96. The van der Waals surface area contributed by atoms with Gasteiger partial charge in [-0.25, -0.2) is 0 Å². The lowest BCUT2D eigenvalue weighted by Gasteiger charge is -2.06. The molecule has 2 aromatic rings. The molecule has 16 heavy (non-hydrogen) atoms. The minimum Gasteiger partial charge on any atom is -0.508 e. The molecule has 0 radical (unpaired) electrons. The van der Waals surface area contributed by atoms with E-state index in [9.17, 15) is 10.2 Å². The van der Waals surface area contributed by atoms with Gasteiger partial charge in [0.25, 0.3) is 0 Å². The monoisotopic (exact) mass is 214 g/mol. The first-order valence-electron chi connectivity index (χ1n) is 5.22. The number of phenolic OH excluding ortho intramolecular Hbond substituents is 2. The highest BCUT2D eigenvalue weighted by Gasteiger charge is 2.03. The maximum Gasteiger partial charge on any atom is 0.119 e. The fourth-order valence-electron chi connectivity index (χ4n) is 1.71. The quantitative estimate of drug-likeness (QED) is 0.806. The van der Waals surface area contributed by atoms with Crippen molar-refractivity contribution in [3.63, 3.8) is 0 Å². The van der Waals surface area contributed by atoms with E-state index in [0.717, 1.165) is 16.7 Å². The fourth-order valence-corrected chi connectivity index (χ4v) is 1.71. The van der Waals surface area contributed by atoms with E-state index in [-0.39, 0.29) is 0 Å². The van der Waals surface area contributed by atoms with Gasteiger partial charge in [0.05, 0.1) is 0 Å². The molecular weight excluding hydrogens is 200 g/mol. The first kappa shape index (κ1) is 10.6. The summed E-state index contributed by atoms with van der Waals surface area (Å²) in [6.07, 6.45) is 0.674. The Morgan fingerprint density at radius 2 is 1.69 bits per heavy atom. The van der Waals surface area contributed by atoms with Crippen LogP contribution in [0.15, 0.2) is 42.5 Å². The smallest absolute Gasteiger partial charge is 0.119 e. The lowest BCUT2D eigenvalue weighted by molar-refractivity contribution is 0.469. The summed E-state index contributed by atoms with van der Waals surface area (Å²) >= 11 is 0. The van der Waals surface area contributed by atoms with Crippen LogP contribution in [0.3, 0.4) is 0 Å². The molecule has 0 aromatic heterocycles. The third-order valence-corrected chi connectivity index (χ3v) is 2.65. The molecule has 82 valence electrons. The Balaban J connectivity index is 2.28. The van der Waals surface area contributed by atoms with Gasteiger partial charge in [-0.3, -0.25) is 0 Å². The van der Waals surface area contributed by atoms with Gasteiger partial charge >= 0.3 is 0 Å². The van der Waals surface area contributed by atoms with Crippen LogP contribution in [-0.4, -0.2) is 10.2 Å². The molecule has 0 amide bonds. The summed E-state index contributed by atoms with van der Waals surface area (Å²) < 4.78 is 0. The molecule has 2 heteroatoms. The molecule has 0 bridgehead atoms. The molecule has 0 heterocycles. The summed E-state index contributed by atoms with van der Waals surface area (Å²) in [4.78, 5) is 0. The van der Waals surface area contributed by atoms with Gasteiger partial charge in [-0.15, -0.1) is 0 Å². The number of rotatable bonds is 2. The molecule has 2 rings (SSSR count). The van der Waals surface area contributed by atoms with E-state index >= 15 is 0 Å². The molecule has 2 N–H and O–H groups in total. The largest absolute Gasteiger partial charge is 0.508 e. The Kier molecular flexibility index (Phi) is 2.82. The van der Waals surface area contributed by atoms with Crippen LogP contribution in [0.1, 0.15) is 16.7 Å². The minimum atomic E-state index is 0.307. The van der Waals surface area contributed by atoms with E-state index in [1.807, 2.05) is 31.2 Å². The second kappa shape index (κ2) is 4.27. The van der Waals surface area contributed by atoms with Gasteiger partial charge in [0, 0.05) is 6.42 Å². The minimum absolute atomic E-state index is 0.307. The van der Waals surface area contributed by atoms with Crippen LogP contribution in [0.25, 0.3) is 0 Å². The average Bonchev–Trinajstić information content (AvgIpc) is 2.27. The summed E-state index contributed by atoms with van der Waals surface area (Å²) in [5, 5.41) is 19.1. The zero-order valence-electron chi connectivity index (χ0n) is 9.14. The predicted molar refractivity (Wildman–Crippen MR) is 63.8 cm³/mol. The topological polar surface area (TPSA) is 40.5 Å². The SMILES string of the molecule is Cc1cc(Cc2ccccc2O)ccc1O. The molecule has 0 saturated carbocycles. The van der Waals surface area contributed by atoms with Gasteiger partial charge in [-0.1, -0.05) is 30.3 Å². The van der Waals surface area contributed by atoms with E-state index < -0.39 is 0 Å². The number of aryl methyl sites for hydroxylation is 1. The van der Waals surface area contributed by atoms with Crippen molar-refractivity contribution in [1.82, 2.24) is 0 Å². The fraction of sp³-hybridized carbons (Fsp3) is 0.143. The number of aromatic hydroxyl groups is 2. The zero-order valence-corrected chi connectivity index (χ0v) is 9.14. The molecule has 0 spiro atoms. The van der Waals surface area contributed by atoms with Gasteiger partial charge < -0.3 is 10.2 Å². The van der Waals surface area contributed by atoms with Crippen LogP contribution in [0.5, 0.6) is 11.5 Å². The number of hydrogen-bond donors (Lipinski definition) is 2. The maximum absolute atomic E-state index is 9.65. The summed E-state index contributed by atoms with van der Waals surface area (Å²) in [5.74, 6) is 0.620. The highest BCUT2D eigenvalue weighted by molar-refractivity contribution is 5.40. The van der Waals surface area contributed by atoms with Crippen LogP contribution >= 0.6 is 0 Å². The first-order chi connectivity index (χ1) is 7.66. The number of hydrogen-bond acceptors (Lipinski definition) is 2. The van der Waals surface area contributed by atoms with Crippen LogP contribution in [0.4, 0.5) is 0 Å². The third kappa shape index (κ3) is 2.16. The van der Waals surface area contributed by atoms with Crippen LogP contribution < -0.4 is 0 Å². The van der Waals surface area contributed by atoms with Crippen molar-refractivity contribution in [3.8, 4) is 11.5 Å². The van der Waals surface area contributed by atoms with Gasteiger partial charge in [0.2, 0.25) is 0 Å². The Morgan fingerprint density at radius 3 is 2.38 bits per heavy atom. The maximum atomic E-state index is 9.65. The molecule has 0 aliphatic rings. The van der Waals surface area contributed by atoms with E-state index in [2.05, 4.69) is 0 Å². The highest BCUT2D eigenvalue weighted by atomic mass is 16.3. The average molecular weight is 214 g/mol. The normalized spacial score (nSPS) is 10.3. The van der Waals surface area contributed by atoms with Gasteiger partial charge in [-0.05, 0) is 35.7 Å². The molecule has 0 saturated heterocycles. The van der Waals surface area contributed by atoms with Crippen LogP contribution in [0, 0.1) is 6.92 Å². The molecular formula is C14H14O2. The third-order valence-electron chi connectivity index (χ3n) is 2.65. The van der Waals surface area contributed by atoms with Crippen LogP contribution in [-0.2, 0) is 6.42 Å². The summed E-state index contributed by atoms with van der Waals surface area (Å²) in [6, 6.07) is 12.8. The Bertz CT molecular complexity index is 504. The number of para-hydroxylation sites is 1. The lowest BCUT2D eigenvalue weighted by atomic mass is 10.0. The molecule has 2 aromatic carbocycles. The van der Waals surface area contributed by atoms with Gasteiger partial charge in [-0.2, -0.15) is 0 Å². The lowest BCUT2D eigenvalue weighted by Crippen LogP contribution is -1.89. The number of benzene rings is 2. The van der Waals surface area contributed by atoms with Crippen molar-refractivity contribution in [2.75, 3.05) is 0 Å². The van der Waals surface area contributed by atoms with Crippen LogP contribution in [0.2, 0.25) is 0 Å². The number of phenols is 2. The van der Waals surface area contributed by atoms with Crippen molar-refractivity contribution in [2.24, 2.45) is 0 Å². The van der Waals surface area contributed by atoms with Crippen molar-refractivity contribution in [3.05, 3.63) is 59.2 Å². The molecule has 0 fully saturated rings. The van der Waals surface area contributed by atoms with Crippen molar-refractivity contribution < 1.29 is 10.2 Å². The summed E-state index contributed by atoms with van der Waals surface area (Å²) in [7, 11) is 0. The molecule has 0 aliphatic carbocycles.